The zero-order valence-electron chi connectivity index (χ0n) is 12.0. The van der Waals surface area contributed by atoms with Gasteiger partial charge in [0, 0.05) is 19.0 Å². The Hall–Kier alpha value is -1.39. The van der Waals surface area contributed by atoms with E-state index >= 15 is 0 Å². The summed E-state index contributed by atoms with van der Waals surface area (Å²) in [6.07, 6.45) is 1.32. The lowest BCUT2D eigenvalue weighted by Gasteiger charge is -2.25. The van der Waals surface area contributed by atoms with Crippen LogP contribution in [0.1, 0.15) is 30.8 Å². The summed E-state index contributed by atoms with van der Waals surface area (Å²) < 4.78 is 14.8. The third-order valence-electron chi connectivity index (χ3n) is 3.54. The summed E-state index contributed by atoms with van der Waals surface area (Å²) in [5.41, 5.74) is 8.40. The average molecular weight is 296 g/mol. The van der Waals surface area contributed by atoms with Gasteiger partial charge in [-0.3, -0.25) is 4.68 Å². The van der Waals surface area contributed by atoms with Gasteiger partial charge in [0.25, 0.3) is 0 Å². The highest BCUT2D eigenvalue weighted by Gasteiger charge is 2.26. The van der Waals surface area contributed by atoms with E-state index in [0.29, 0.717) is 11.4 Å². The summed E-state index contributed by atoms with van der Waals surface area (Å²) in [7, 11) is 1.86. The predicted octanol–water partition coefficient (Wildman–Crippen LogP) is 3.19. The molecule has 0 spiro atoms. The van der Waals surface area contributed by atoms with Crippen LogP contribution >= 0.6 is 11.6 Å². The minimum atomic E-state index is -0.629. The molecule has 1 aromatic carbocycles. The second kappa shape index (κ2) is 5.54. The number of aromatic nitrogens is 2. The van der Waals surface area contributed by atoms with Gasteiger partial charge in [0.15, 0.2) is 0 Å². The maximum atomic E-state index is 13.0. The number of benzene rings is 1. The second-order valence-electron chi connectivity index (χ2n) is 5.29. The Morgan fingerprint density at radius 1 is 1.35 bits per heavy atom. The van der Waals surface area contributed by atoms with Gasteiger partial charge in [0.2, 0.25) is 0 Å². The van der Waals surface area contributed by atoms with Gasteiger partial charge in [-0.2, -0.15) is 5.10 Å². The minimum absolute atomic E-state index is 0.267. The number of nitrogens with zero attached hydrogens (tertiary/aromatic N) is 2. The molecule has 1 atom stereocenters. The highest BCUT2D eigenvalue weighted by Crippen LogP contribution is 2.28. The highest BCUT2D eigenvalue weighted by atomic mass is 35.5. The highest BCUT2D eigenvalue weighted by molar-refractivity contribution is 6.31. The molecular weight excluding hydrogens is 277 g/mol. The molecule has 0 aliphatic rings. The number of hydrogen-bond donors (Lipinski definition) is 1. The van der Waals surface area contributed by atoms with Crippen molar-refractivity contribution >= 4 is 11.6 Å². The van der Waals surface area contributed by atoms with E-state index in [1.807, 2.05) is 20.9 Å². The fourth-order valence-corrected chi connectivity index (χ4v) is 2.65. The fraction of sp³-hybridized carbons (Fsp3) is 0.400. The molecular formula is C15H19ClFN3. The molecule has 1 unspecified atom stereocenters. The maximum Gasteiger partial charge on any atom is 0.123 e. The molecule has 0 fully saturated rings. The first-order valence-corrected chi connectivity index (χ1v) is 6.98. The smallest absolute Gasteiger partial charge is 0.123 e. The van der Waals surface area contributed by atoms with Crippen molar-refractivity contribution in [2.45, 2.75) is 32.2 Å². The Morgan fingerprint density at radius 2 is 1.95 bits per heavy atom. The summed E-state index contributed by atoms with van der Waals surface area (Å²) >= 11 is 6.35. The van der Waals surface area contributed by atoms with Gasteiger partial charge in [0.1, 0.15) is 5.82 Å². The Labute approximate surface area is 123 Å². The van der Waals surface area contributed by atoms with Crippen LogP contribution in [0.5, 0.6) is 0 Å². The van der Waals surface area contributed by atoms with Gasteiger partial charge in [-0.15, -0.1) is 0 Å². The largest absolute Gasteiger partial charge is 0.321 e. The normalized spacial score (nSPS) is 14.3. The second-order valence-corrected chi connectivity index (χ2v) is 5.66. The first-order valence-electron chi connectivity index (χ1n) is 6.60. The number of hydrogen-bond acceptors (Lipinski definition) is 2. The fourth-order valence-electron chi connectivity index (χ4n) is 2.29. The molecule has 1 heterocycles. The quantitative estimate of drug-likeness (QED) is 0.941. The van der Waals surface area contributed by atoms with E-state index in [-0.39, 0.29) is 5.82 Å². The van der Waals surface area contributed by atoms with E-state index in [1.54, 1.807) is 16.8 Å². The van der Waals surface area contributed by atoms with Crippen molar-refractivity contribution < 1.29 is 4.39 Å². The molecule has 5 heteroatoms. The van der Waals surface area contributed by atoms with Crippen molar-refractivity contribution in [2.24, 2.45) is 12.8 Å². The molecule has 20 heavy (non-hydrogen) atoms. The predicted molar refractivity (Wildman–Crippen MR) is 79.2 cm³/mol. The average Bonchev–Trinajstić information content (AvgIpc) is 2.66. The SMILES string of the molecule is CCc1nn(C)c(CC(C)(N)c2ccc(F)cc2)c1Cl. The van der Waals surface area contributed by atoms with E-state index in [9.17, 15) is 4.39 Å². The van der Waals surface area contributed by atoms with Gasteiger partial charge in [0.05, 0.1) is 16.4 Å². The third-order valence-corrected chi connectivity index (χ3v) is 3.98. The van der Waals surface area contributed by atoms with Crippen LogP contribution in [-0.2, 0) is 25.4 Å². The van der Waals surface area contributed by atoms with Crippen molar-refractivity contribution in [2.75, 3.05) is 0 Å². The van der Waals surface area contributed by atoms with Crippen LogP contribution in [0.3, 0.4) is 0 Å². The van der Waals surface area contributed by atoms with Crippen molar-refractivity contribution in [3.63, 3.8) is 0 Å². The lowest BCUT2D eigenvalue weighted by molar-refractivity contribution is 0.471. The Balaban J connectivity index is 2.32. The van der Waals surface area contributed by atoms with Crippen LogP contribution in [0, 0.1) is 5.82 Å². The first kappa shape index (κ1) is 15.0. The van der Waals surface area contributed by atoms with E-state index in [0.717, 1.165) is 23.4 Å². The number of rotatable bonds is 4. The monoisotopic (exact) mass is 295 g/mol. The van der Waals surface area contributed by atoms with E-state index < -0.39 is 5.54 Å². The Kier molecular flexibility index (Phi) is 4.16. The molecule has 0 radical (unpaired) electrons. The molecule has 108 valence electrons. The van der Waals surface area contributed by atoms with Gasteiger partial charge in [-0.25, -0.2) is 4.39 Å². The summed E-state index contributed by atoms with van der Waals surface area (Å²) in [5.74, 6) is -0.267. The molecule has 0 bridgehead atoms. The van der Waals surface area contributed by atoms with Gasteiger partial charge in [-0.05, 0) is 31.0 Å². The van der Waals surface area contributed by atoms with Crippen LogP contribution in [0.25, 0.3) is 0 Å². The lowest BCUT2D eigenvalue weighted by atomic mass is 9.88. The first-order chi connectivity index (χ1) is 9.35. The van der Waals surface area contributed by atoms with Gasteiger partial charge in [-0.1, -0.05) is 30.7 Å². The zero-order valence-corrected chi connectivity index (χ0v) is 12.7. The summed E-state index contributed by atoms with van der Waals surface area (Å²) in [6.45, 7) is 3.93. The Bertz CT molecular complexity index is 602. The zero-order chi connectivity index (χ0) is 14.9. The summed E-state index contributed by atoms with van der Waals surface area (Å²) in [6, 6.07) is 6.26. The molecule has 2 N–H and O–H groups in total. The van der Waals surface area contributed by atoms with Crippen molar-refractivity contribution in [3.8, 4) is 0 Å². The van der Waals surface area contributed by atoms with Crippen LogP contribution in [0.15, 0.2) is 24.3 Å². The topological polar surface area (TPSA) is 43.8 Å². The maximum absolute atomic E-state index is 13.0. The van der Waals surface area contributed by atoms with Crippen LogP contribution in [0.4, 0.5) is 4.39 Å². The Morgan fingerprint density at radius 3 is 2.45 bits per heavy atom. The number of nitrogens with two attached hydrogens (primary N) is 1. The molecule has 0 amide bonds. The standard InChI is InChI=1S/C15H19ClFN3/c1-4-12-14(16)13(20(3)19-12)9-15(2,18)10-5-7-11(17)8-6-10/h5-8H,4,9,18H2,1-3H3. The van der Waals surface area contributed by atoms with Gasteiger partial charge >= 0.3 is 0 Å². The van der Waals surface area contributed by atoms with Crippen molar-refractivity contribution in [1.82, 2.24) is 9.78 Å². The summed E-state index contributed by atoms with van der Waals surface area (Å²) in [5, 5.41) is 5.06. The molecule has 2 rings (SSSR count). The van der Waals surface area contributed by atoms with E-state index in [2.05, 4.69) is 5.10 Å². The number of aryl methyl sites for hydroxylation is 2. The van der Waals surface area contributed by atoms with Crippen LogP contribution in [0.2, 0.25) is 5.02 Å². The third kappa shape index (κ3) is 2.86. The molecule has 3 nitrogen and oxygen atoms in total. The van der Waals surface area contributed by atoms with Crippen LogP contribution in [-0.4, -0.2) is 9.78 Å². The summed E-state index contributed by atoms with van der Waals surface area (Å²) in [4.78, 5) is 0. The lowest BCUT2D eigenvalue weighted by Crippen LogP contribution is -2.36. The molecule has 0 saturated carbocycles. The van der Waals surface area contributed by atoms with Gasteiger partial charge < -0.3 is 5.73 Å². The van der Waals surface area contributed by atoms with E-state index in [1.165, 1.54) is 12.1 Å². The van der Waals surface area contributed by atoms with E-state index in [4.69, 9.17) is 17.3 Å². The molecule has 2 aromatic rings. The molecule has 0 aliphatic carbocycles. The van der Waals surface area contributed by atoms with Crippen molar-refractivity contribution in [3.05, 3.63) is 52.1 Å². The minimum Gasteiger partial charge on any atom is -0.321 e. The number of halogens is 2. The van der Waals surface area contributed by atoms with Crippen molar-refractivity contribution in [1.29, 1.82) is 0 Å². The van der Waals surface area contributed by atoms with Crippen LogP contribution < -0.4 is 5.73 Å². The molecule has 1 aromatic heterocycles. The molecule has 0 saturated heterocycles. The molecule has 0 aliphatic heterocycles.